The molecule has 0 amide bonds. The molecule has 0 bridgehead atoms. The molecular formula is C11H17BrN2S. The minimum atomic E-state index is 0.492. The zero-order valence-corrected chi connectivity index (χ0v) is 11.6. The predicted molar refractivity (Wildman–Crippen MR) is 69.6 cm³/mol. The molecule has 4 heteroatoms. The standard InChI is InChI=1S/C11H17BrN2S/c1-8(2)14-10(12)7-13-11(14)9-3-5-15-6-4-9/h7-9H,3-6H2,1-2H3. The van der Waals surface area contributed by atoms with Crippen molar-refractivity contribution >= 4 is 27.7 Å². The quantitative estimate of drug-likeness (QED) is 0.823. The summed E-state index contributed by atoms with van der Waals surface area (Å²) in [5, 5.41) is 0. The largest absolute Gasteiger partial charge is 0.320 e. The summed E-state index contributed by atoms with van der Waals surface area (Å²) < 4.78 is 3.44. The molecule has 2 rings (SSSR count). The highest BCUT2D eigenvalue weighted by Gasteiger charge is 2.22. The number of aromatic nitrogens is 2. The van der Waals surface area contributed by atoms with E-state index in [1.54, 1.807) is 0 Å². The first kappa shape index (κ1) is 11.5. The second-order valence-corrected chi connectivity index (χ2v) is 6.33. The van der Waals surface area contributed by atoms with E-state index in [-0.39, 0.29) is 0 Å². The van der Waals surface area contributed by atoms with E-state index >= 15 is 0 Å². The topological polar surface area (TPSA) is 17.8 Å². The lowest BCUT2D eigenvalue weighted by molar-refractivity contribution is 0.500. The fourth-order valence-corrected chi connectivity index (χ4v) is 3.92. The lowest BCUT2D eigenvalue weighted by Gasteiger charge is -2.23. The molecule has 1 aromatic heterocycles. The van der Waals surface area contributed by atoms with Crippen LogP contribution < -0.4 is 0 Å². The van der Waals surface area contributed by atoms with Crippen molar-refractivity contribution in [3.05, 3.63) is 16.6 Å². The number of halogens is 1. The zero-order chi connectivity index (χ0) is 10.8. The van der Waals surface area contributed by atoms with Gasteiger partial charge in [-0.3, -0.25) is 0 Å². The molecule has 0 saturated carbocycles. The number of imidazole rings is 1. The van der Waals surface area contributed by atoms with Gasteiger partial charge >= 0.3 is 0 Å². The Morgan fingerprint density at radius 2 is 2.13 bits per heavy atom. The third kappa shape index (κ3) is 2.41. The molecule has 1 aliphatic heterocycles. The first-order valence-corrected chi connectivity index (χ1v) is 7.45. The van der Waals surface area contributed by atoms with Crippen molar-refractivity contribution in [2.24, 2.45) is 0 Å². The van der Waals surface area contributed by atoms with Gasteiger partial charge in [-0.25, -0.2) is 4.98 Å². The summed E-state index contributed by atoms with van der Waals surface area (Å²) in [4.78, 5) is 4.57. The van der Waals surface area contributed by atoms with Gasteiger partial charge in [0.1, 0.15) is 10.4 Å². The minimum Gasteiger partial charge on any atom is -0.320 e. The van der Waals surface area contributed by atoms with Crippen molar-refractivity contribution in [3.63, 3.8) is 0 Å². The molecule has 15 heavy (non-hydrogen) atoms. The number of rotatable bonds is 2. The van der Waals surface area contributed by atoms with Crippen molar-refractivity contribution in [3.8, 4) is 0 Å². The van der Waals surface area contributed by atoms with Crippen molar-refractivity contribution < 1.29 is 0 Å². The van der Waals surface area contributed by atoms with Crippen LogP contribution in [-0.4, -0.2) is 21.1 Å². The highest BCUT2D eigenvalue weighted by atomic mass is 79.9. The van der Waals surface area contributed by atoms with E-state index in [1.807, 2.05) is 6.20 Å². The third-order valence-electron chi connectivity index (χ3n) is 2.88. The second-order valence-electron chi connectivity index (χ2n) is 4.29. The molecule has 1 aromatic rings. The summed E-state index contributed by atoms with van der Waals surface area (Å²) in [7, 11) is 0. The first-order valence-electron chi connectivity index (χ1n) is 5.50. The van der Waals surface area contributed by atoms with Crippen molar-refractivity contribution in [1.82, 2.24) is 9.55 Å². The van der Waals surface area contributed by atoms with Crippen LogP contribution in [0.2, 0.25) is 0 Å². The fraction of sp³-hybridized carbons (Fsp3) is 0.727. The van der Waals surface area contributed by atoms with Gasteiger partial charge < -0.3 is 4.57 Å². The normalized spacial score (nSPS) is 18.7. The minimum absolute atomic E-state index is 0.492. The van der Waals surface area contributed by atoms with Crippen molar-refractivity contribution in [2.45, 2.75) is 38.6 Å². The zero-order valence-electron chi connectivity index (χ0n) is 9.24. The van der Waals surface area contributed by atoms with E-state index in [0.29, 0.717) is 12.0 Å². The molecule has 1 saturated heterocycles. The van der Waals surface area contributed by atoms with Gasteiger partial charge in [-0.15, -0.1) is 0 Å². The van der Waals surface area contributed by atoms with Crippen LogP contribution in [0.25, 0.3) is 0 Å². The van der Waals surface area contributed by atoms with E-state index in [1.165, 1.54) is 30.2 Å². The SMILES string of the molecule is CC(C)n1c(Br)cnc1C1CCSCC1. The summed E-state index contributed by atoms with van der Waals surface area (Å²) >= 11 is 5.65. The monoisotopic (exact) mass is 288 g/mol. The fourth-order valence-electron chi connectivity index (χ4n) is 2.12. The van der Waals surface area contributed by atoms with Crippen LogP contribution in [0.15, 0.2) is 10.8 Å². The van der Waals surface area contributed by atoms with Gasteiger partial charge in [-0.05, 0) is 54.1 Å². The molecule has 0 unspecified atom stereocenters. The molecule has 2 heterocycles. The summed E-state index contributed by atoms with van der Waals surface area (Å²) in [6.45, 7) is 4.43. The van der Waals surface area contributed by atoms with Crippen molar-refractivity contribution in [1.29, 1.82) is 0 Å². The van der Waals surface area contributed by atoms with Crippen LogP contribution in [0.5, 0.6) is 0 Å². The molecule has 1 aliphatic rings. The summed E-state index contributed by atoms with van der Waals surface area (Å²) in [5.41, 5.74) is 0. The van der Waals surface area contributed by atoms with Gasteiger partial charge in [0.15, 0.2) is 0 Å². The molecule has 0 aromatic carbocycles. The van der Waals surface area contributed by atoms with E-state index in [9.17, 15) is 0 Å². The molecule has 0 aliphatic carbocycles. The summed E-state index contributed by atoms with van der Waals surface area (Å²) in [6.07, 6.45) is 4.50. The van der Waals surface area contributed by atoms with Gasteiger partial charge in [0, 0.05) is 12.0 Å². The Hall–Kier alpha value is 0.0400. The van der Waals surface area contributed by atoms with Crippen LogP contribution in [-0.2, 0) is 0 Å². The number of nitrogens with zero attached hydrogens (tertiary/aromatic N) is 2. The maximum absolute atomic E-state index is 4.57. The van der Waals surface area contributed by atoms with Gasteiger partial charge in [0.25, 0.3) is 0 Å². The molecular weight excluding hydrogens is 272 g/mol. The van der Waals surface area contributed by atoms with Crippen LogP contribution in [0.3, 0.4) is 0 Å². The van der Waals surface area contributed by atoms with E-state index in [4.69, 9.17) is 0 Å². The molecule has 2 nitrogen and oxygen atoms in total. The molecule has 1 fully saturated rings. The van der Waals surface area contributed by atoms with Crippen molar-refractivity contribution in [2.75, 3.05) is 11.5 Å². The Balaban J connectivity index is 2.26. The Morgan fingerprint density at radius 3 is 2.73 bits per heavy atom. The molecule has 0 atom stereocenters. The molecule has 0 radical (unpaired) electrons. The Bertz CT molecular complexity index is 329. The lowest BCUT2D eigenvalue weighted by atomic mass is 10.0. The highest BCUT2D eigenvalue weighted by molar-refractivity contribution is 9.10. The van der Waals surface area contributed by atoms with Crippen LogP contribution in [0.1, 0.15) is 44.5 Å². The van der Waals surface area contributed by atoms with E-state index < -0.39 is 0 Å². The average molecular weight is 289 g/mol. The van der Waals surface area contributed by atoms with Gasteiger partial charge in [-0.1, -0.05) is 0 Å². The van der Waals surface area contributed by atoms with Crippen LogP contribution in [0, 0.1) is 0 Å². The maximum Gasteiger partial charge on any atom is 0.112 e. The number of hydrogen-bond donors (Lipinski definition) is 0. The first-order chi connectivity index (χ1) is 7.20. The smallest absolute Gasteiger partial charge is 0.112 e. The second kappa shape index (κ2) is 4.91. The molecule has 0 N–H and O–H groups in total. The number of thioether (sulfide) groups is 1. The van der Waals surface area contributed by atoms with Crippen LogP contribution in [0.4, 0.5) is 0 Å². The maximum atomic E-state index is 4.57. The molecule has 84 valence electrons. The molecule has 0 spiro atoms. The van der Waals surface area contributed by atoms with Gasteiger partial charge in [0.05, 0.1) is 6.20 Å². The van der Waals surface area contributed by atoms with E-state index in [2.05, 4.69) is 51.1 Å². The van der Waals surface area contributed by atoms with Gasteiger partial charge in [0.2, 0.25) is 0 Å². The number of hydrogen-bond acceptors (Lipinski definition) is 2. The summed E-state index contributed by atoms with van der Waals surface area (Å²) in [5.74, 6) is 4.51. The van der Waals surface area contributed by atoms with Gasteiger partial charge in [-0.2, -0.15) is 11.8 Å². The Morgan fingerprint density at radius 1 is 1.47 bits per heavy atom. The predicted octanol–water partition coefficient (Wildman–Crippen LogP) is 3.84. The lowest BCUT2D eigenvalue weighted by Crippen LogP contribution is -2.15. The average Bonchev–Trinajstić information content (AvgIpc) is 2.61. The Kier molecular flexibility index (Phi) is 3.78. The van der Waals surface area contributed by atoms with Crippen LogP contribution >= 0.6 is 27.7 Å². The summed E-state index contributed by atoms with van der Waals surface area (Å²) in [6, 6.07) is 0.492. The Labute approximate surface area is 104 Å². The highest BCUT2D eigenvalue weighted by Crippen LogP contribution is 2.33. The van der Waals surface area contributed by atoms with E-state index in [0.717, 1.165) is 4.60 Å². The third-order valence-corrected chi connectivity index (χ3v) is 4.52.